The van der Waals surface area contributed by atoms with E-state index in [0.29, 0.717) is 12.5 Å². The van der Waals surface area contributed by atoms with Crippen molar-refractivity contribution in [3.63, 3.8) is 0 Å². The van der Waals surface area contributed by atoms with Gasteiger partial charge in [0.2, 0.25) is 0 Å². The molecule has 0 fully saturated rings. The van der Waals surface area contributed by atoms with Gasteiger partial charge in [0.25, 0.3) is 5.91 Å². The van der Waals surface area contributed by atoms with E-state index in [-0.39, 0.29) is 5.91 Å². The molecule has 6 heteroatoms. The standard InChI is InChI=1S/C15H20N4OS/c1-17(2)8-12-9-18-6-5-16-14(18)11-19(10-12)15(20)13-4-3-7-21-13/h3-7,12H,8-11H2,1-2H3/t12-/m1/s1. The Morgan fingerprint density at radius 1 is 1.48 bits per heavy atom. The number of aromatic nitrogens is 2. The average Bonchev–Trinajstić information content (AvgIpc) is 3.06. The number of rotatable bonds is 3. The van der Waals surface area contributed by atoms with Gasteiger partial charge in [0.1, 0.15) is 5.82 Å². The van der Waals surface area contributed by atoms with Gasteiger partial charge in [0.05, 0.1) is 11.4 Å². The summed E-state index contributed by atoms with van der Waals surface area (Å²) in [7, 11) is 4.15. The molecule has 2 aromatic rings. The lowest BCUT2D eigenvalue weighted by Crippen LogP contribution is -2.37. The number of fused-ring (bicyclic) bond motifs is 1. The van der Waals surface area contributed by atoms with E-state index in [1.807, 2.05) is 34.8 Å². The molecule has 0 saturated carbocycles. The fourth-order valence-electron chi connectivity index (χ4n) is 2.88. The van der Waals surface area contributed by atoms with Crippen LogP contribution in [-0.4, -0.2) is 52.4 Å². The number of carbonyl (C=O) groups excluding carboxylic acids is 1. The van der Waals surface area contributed by atoms with E-state index in [1.165, 1.54) is 11.3 Å². The van der Waals surface area contributed by atoms with Crippen molar-refractivity contribution in [2.75, 3.05) is 27.2 Å². The molecule has 21 heavy (non-hydrogen) atoms. The van der Waals surface area contributed by atoms with Crippen molar-refractivity contribution in [2.24, 2.45) is 5.92 Å². The molecule has 1 amide bonds. The van der Waals surface area contributed by atoms with Crippen LogP contribution in [0.5, 0.6) is 0 Å². The Labute approximate surface area is 128 Å². The van der Waals surface area contributed by atoms with Crippen LogP contribution in [0.4, 0.5) is 0 Å². The molecule has 0 saturated heterocycles. The normalized spacial score (nSPS) is 18.6. The van der Waals surface area contributed by atoms with Gasteiger partial charge in [-0.3, -0.25) is 4.79 Å². The van der Waals surface area contributed by atoms with Crippen molar-refractivity contribution in [3.8, 4) is 0 Å². The van der Waals surface area contributed by atoms with Crippen LogP contribution < -0.4 is 0 Å². The highest BCUT2D eigenvalue weighted by molar-refractivity contribution is 7.12. The van der Waals surface area contributed by atoms with Gasteiger partial charge in [-0.2, -0.15) is 0 Å². The molecule has 0 unspecified atom stereocenters. The van der Waals surface area contributed by atoms with Gasteiger partial charge in [-0.1, -0.05) is 6.07 Å². The van der Waals surface area contributed by atoms with Crippen molar-refractivity contribution in [1.29, 1.82) is 0 Å². The molecule has 3 heterocycles. The zero-order valence-corrected chi connectivity index (χ0v) is 13.2. The smallest absolute Gasteiger partial charge is 0.264 e. The lowest BCUT2D eigenvalue weighted by molar-refractivity contribution is 0.0715. The summed E-state index contributed by atoms with van der Waals surface area (Å²) < 4.78 is 2.18. The van der Waals surface area contributed by atoms with Gasteiger partial charge in [-0.15, -0.1) is 11.3 Å². The Morgan fingerprint density at radius 3 is 3.05 bits per heavy atom. The van der Waals surface area contributed by atoms with E-state index in [2.05, 4.69) is 28.5 Å². The summed E-state index contributed by atoms with van der Waals surface area (Å²) >= 11 is 1.50. The first-order valence-electron chi connectivity index (χ1n) is 7.11. The first-order valence-corrected chi connectivity index (χ1v) is 7.99. The van der Waals surface area contributed by atoms with Gasteiger partial charge in [-0.25, -0.2) is 4.98 Å². The van der Waals surface area contributed by atoms with Crippen LogP contribution >= 0.6 is 11.3 Å². The minimum Gasteiger partial charge on any atom is -0.333 e. The quantitative estimate of drug-likeness (QED) is 0.868. The molecule has 1 aliphatic heterocycles. The predicted octanol–water partition coefficient (Wildman–Crippen LogP) is 1.78. The number of hydrogen-bond acceptors (Lipinski definition) is 4. The maximum absolute atomic E-state index is 12.7. The summed E-state index contributed by atoms with van der Waals surface area (Å²) in [5.41, 5.74) is 0. The summed E-state index contributed by atoms with van der Waals surface area (Å²) in [5.74, 6) is 1.51. The number of imidazole rings is 1. The third-order valence-corrected chi connectivity index (χ3v) is 4.57. The maximum atomic E-state index is 12.7. The van der Waals surface area contributed by atoms with Crippen LogP contribution in [0.25, 0.3) is 0 Å². The van der Waals surface area contributed by atoms with E-state index < -0.39 is 0 Å². The maximum Gasteiger partial charge on any atom is 0.264 e. The Hall–Kier alpha value is -1.66. The second-order valence-electron chi connectivity index (χ2n) is 5.79. The summed E-state index contributed by atoms with van der Waals surface area (Å²) in [6.45, 7) is 3.25. The van der Waals surface area contributed by atoms with Crippen molar-refractivity contribution in [1.82, 2.24) is 19.4 Å². The Kier molecular flexibility index (Phi) is 4.07. The molecule has 3 rings (SSSR count). The third-order valence-electron chi connectivity index (χ3n) is 3.71. The minimum atomic E-state index is 0.116. The molecule has 112 valence electrons. The molecule has 1 atom stereocenters. The van der Waals surface area contributed by atoms with E-state index in [9.17, 15) is 4.79 Å². The van der Waals surface area contributed by atoms with Crippen molar-refractivity contribution in [2.45, 2.75) is 13.1 Å². The van der Waals surface area contributed by atoms with Gasteiger partial charge >= 0.3 is 0 Å². The molecule has 5 nitrogen and oxygen atoms in total. The number of hydrogen-bond donors (Lipinski definition) is 0. The molecule has 0 spiro atoms. The lowest BCUT2D eigenvalue weighted by Gasteiger charge is -2.25. The predicted molar refractivity (Wildman–Crippen MR) is 83.3 cm³/mol. The zero-order valence-electron chi connectivity index (χ0n) is 12.4. The fourth-order valence-corrected chi connectivity index (χ4v) is 3.57. The number of thiophene rings is 1. The molecule has 0 aromatic carbocycles. The molecule has 2 aromatic heterocycles. The Bertz CT molecular complexity index is 605. The zero-order chi connectivity index (χ0) is 14.8. The van der Waals surface area contributed by atoms with Gasteiger partial charge in [0, 0.05) is 37.9 Å². The highest BCUT2D eigenvalue weighted by Crippen LogP contribution is 2.20. The Morgan fingerprint density at radius 2 is 2.33 bits per heavy atom. The summed E-state index contributed by atoms with van der Waals surface area (Å²) in [4.78, 5) is 22.0. The largest absolute Gasteiger partial charge is 0.333 e. The SMILES string of the molecule is CN(C)C[C@H]1CN(C(=O)c2cccs2)Cc2nccn2C1. The summed E-state index contributed by atoms with van der Waals surface area (Å²) in [5, 5.41) is 1.95. The molecule has 0 bridgehead atoms. The number of carbonyl (C=O) groups is 1. The van der Waals surface area contributed by atoms with Gasteiger partial charge < -0.3 is 14.4 Å². The molecular weight excluding hydrogens is 284 g/mol. The van der Waals surface area contributed by atoms with Crippen LogP contribution in [0.2, 0.25) is 0 Å². The number of nitrogens with zero attached hydrogens (tertiary/aromatic N) is 4. The minimum absolute atomic E-state index is 0.116. The highest BCUT2D eigenvalue weighted by atomic mass is 32.1. The molecule has 1 aliphatic rings. The monoisotopic (exact) mass is 304 g/mol. The van der Waals surface area contributed by atoms with Crippen LogP contribution in [0.3, 0.4) is 0 Å². The van der Waals surface area contributed by atoms with Gasteiger partial charge in [-0.05, 0) is 25.5 Å². The summed E-state index contributed by atoms with van der Waals surface area (Å²) in [6, 6.07) is 3.82. The molecular formula is C15H20N4OS. The molecule has 0 radical (unpaired) electrons. The van der Waals surface area contributed by atoms with Crippen LogP contribution in [0.15, 0.2) is 29.9 Å². The average molecular weight is 304 g/mol. The molecule has 0 N–H and O–H groups in total. The van der Waals surface area contributed by atoms with Crippen LogP contribution in [0.1, 0.15) is 15.5 Å². The highest BCUT2D eigenvalue weighted by Gasteiger charge is 2.26. The van der Waals surface area contributed by atoms with Crippen LogP contribution in [0, 0.1) is 5.92 Å². The van der Waals surface area contributed by atoms with E-state index in [4.69, 9.17) is 0 Å². The first-order chi connectivity index (χ1) is 10.1. The first kappa shape index (κ1) is 14.3. The van der Waals surface area contributed by atoms with Crippen LogP contribution in [-0.2, 0) is 13.1 Å². The van der Waals surface area contributed by atoms with E-state index in [0.717, 1.165) is 30.3 Å². The molecule has 0 aliphatic carbocycles. The Balaban J connectivity index is 1.84. The second kappa shape index (κ2) is 5.99. The van der Waals surface area contributed by atoms with Crippen molar-refractivity contribution in [3.05, 3.63) is 40.6 Å². The van der Waals surface area contributed by atoms with Crippen molar-refractivity contribution >= 4 is 17.2 Å². The van der Waals surface area contributed by atoms with Crippen molar-refractivity contribution < 1.29 is 4.79 Å². The second-order valence-corrected chi connectivity index (χ2v) is 6.73. The summed E-state index contributed by atoms with van der Waals surface area (Å²) in [6.07, 6.45) is 3.83. The topological polar surface area (TPSA) is 41.4 Å². The number of amides is 1. The van der Waals surface area contributed by atoms with Gasteiger partial charge in [0.15, 0.2) is 0 Å². The lowest BCUT2D eigenvalue weighted by atomic mass is 10.1. The third kappa shape index (κ3) is 3.16. The fraction of sp³-hybridized carbons (Fsp3) is 0.467. The van der Waals surface area contributed by atoms with E-state index in [1.54, 1.807) is 0 Å². The van der Waals surface area contributed by atoms with E-state index >= 15 is 0 Å².